The number of rotatable bonds is 6. The van der Waals surface area contributed by atoms with Gasteiger partial charge in [0.05, 0.1) is 33.2 Å². The molecule has 168 valence electrons. The van der Waals surface area contributed by atoms with Gasteiger partial charge in [0.1, 0.15) is 0 Å². The number of nitrogens with zero attached hydrogens (tertiary/aromatic N) is 2. The summed E-state index contributed by atoms with van der Waals surface area (Å²) in [7, 11) is -3.13. The molecule has 9 heteroatoms. The molecule has 1 aliphatic rings. The number of carbonyl (C=O) groups is 2. The predicted octanol–water partition coefficient (Wildman–Crippen LogP) is 3.54. The van der Waals surface area contributed by atoms with Crippen LogP contribution in [0.3, 0.4) is 0 Å². The average Bonchev–Trinajstić information content (AvgIpc) is 3.43. The standard InChI is InChI=1S/C23H24N2O5S2/c1-3-25(16-10-12-32(28,29)14-16)22(26)15(2)30-23(27)18-13-20(21-9-6-11-31-21)24-19-8-5-4-7-17(18)19/h4-9,11,13,15-16H,3,10,12,14H2,1-2H3. The molecule has 7 nitrogen and oxygen atoms in total. The van der Waals surface area contributed by atoms with Gasteiger partial charge in [-0.3, -0.25) is 4.79 Å². The van der Waals surface area contributed by atoms with E-state index in [9.17, 15) is 18.0 Å². The quantitative estimate of drug-likeness (QED) is 0.510. The smallest absolute Gasteiger partial charge is 0.339 e. The second-order valence-corrected chi connectivity index (χ2v) is 11.0. The summed E-state index contributed by atoms with van der Waals surface area (Å²) >= 11 is 1.52. The van der Waals surface area contributed by atoms with Crippen molar-refractivity contribution in [1.29, 1.82) is 0 Å². The Labute approximate surface area is 190 Å². The summed E-state index contributed by atoms with van der Waals surface area (Å²) in [5, 5.41) is 2.58. The van der Waals surface area contributed by atoms with Crippen LogP contribution in [0.25, 0.3) is 21.5 Å². The summed E-state index contributed by atoms with van der Waals surface area (Å²) in [6.45, 7) is 3.67. The molecular formula is C23H24N2O5S2. The molecule has 0 radical (unpaired) electrons. The van der Waals surface area contributed by atoms with Gasteiger partial charge in [-0.05, 0) is 43.8 Å². The average molecular weight is 473 g/mol. The third kappa shape index (κ3) is 4.54. The number of ether oxygens (including phenoxy) is 1. The molecule has 0 spiro atoms. The Hall–Kier alpha value is -2.78. The lowest BCUT2D eigenvalue weighted by molar-refractivity contribution is -0.141. The third-order valence-corrected chi connectivity index (χ3v) is 8.26. The van der Waals surface area contributed by atoms with Crippen molar-refractivity contribution in [3.05, 3.63) is 53.4 Å². The zero-order valence-corrected chi connectivity index (χ0v) is 19.5. The fourth-order valence-electron chi connectivity index (χ4n) is 4.02. The molecule has 1 aliphatic heterocycles. The van der Waals surface area contributed by atoms with E-state index in [2.05, 4.69) is 4.98 Å². The van der Waals surface area contributed by atoms with Crippen LogP contribution in [0.1, 0.15) is 30.6 Å². The first-order valence-corrected chi connectivity index (χ1v) is 13.1. The van der Waals surface area contributed by atoms with Gasteiger partial charge in [0.25, 0.3) is 5.91 Å². The highest BCUT2D eigenvalue weighted by Gasteiger charge is 2.36. The van der Waals surface area contributed by atoms with E-state index in [1.165, 1.54) is 23.2 Å². The Bertz CT molecular complexity index is 1250. The van der Waals surface area contributed by atoms with Gasteiger partial charge in [-0.15, -0.1) is 11.3 Å². The topological polar surface area (TPSA) is 93.6 Å². The Morgan fingerprint density at radius 2 is 2.03 bits per heavy atom. The molecule has 32 heavy (non-hydrogen) atoms. The number of esters is 1. The summed E-state index contributed by atoms with van der Waals surface area (Å²) in [5.74, 6) is -0.978. The number of sulfone groups is 1. The lowest BCUT2D eigenvalue weighted by atomic mass is 10.1. The summed E-state index contributed by atoms with van der Waals surface area (Å²) in [5.41, 5.74) is 1.66. The fraction of sp³-hybridized carbons (Fsp3) is 0.348. The van der Waals surface area contributed by atoms with Crippen molar-refractivity contribution in [2.24, 2.45) is 0 Å². The van der Waals surface area contributed by atoms with Crippen LogP contribution < -0.4 is 0 Å². The molecule has 3 aromatic rings. The van der Waals surface area contributed by atoms with Crippen LogP contribution in [0.4, 0.5) is 0 Å². The number of likely N-dealkylation sites (N-methyl/N-ethyl adjacent to an activating group) is 1. The zero-order valence-electron chi connectivity index (χ0n) is 17.9. The van der Waals surface area contributed by atoms with Crippen LogP contribution in [0.2, 0.25) is 0 Å². The third-order valence-electron chi connectivity index (χ3n) is 5.61. The molecule has 1 aromatic carbocycles. The molecule has 1 amide bonds. The largest absolute Gasteiger partial charge is 0.449 e. The number of thiophene rings is 1. The molecule has 0 bridgehead atoms. The van der Waals surface area contributed by atoms with E-state index in [1.54, 1.807) is 19.1 Å². The van der Waals surface area contributed by atoms with Crippen molar-refractivity contribution in [2.75, 3.05) is 18.1 Å². The molecule has 1 saturated heterocycles. The molecule has 4 rings (SSSR count). The Morgan fingerprint density at radius 3 is 2.69 bits per heavy atom. The van der Waals surface area contributed by atoms with Crippen molar-refractivity contribution < 1.29 is 22.7 Å². The molecular weight excluding hydrogens is 448 g/mol. The zero-order chi connectivity index (χ0) is 22.9. The molecule has 0 N–H and O–H groups in total. The minimum atomic E-state index is -3.13. The minimum Gasteiger partial charge on any atom is -0.449 e. The first-order chi connectivity index (χ1) is 15.3. The maximum atomic E-state index is 13.1. The van der Waals surface area contributed by atoms with Crippen molar-refractivity contribution >= 4 is 44.0 Å². The van der Waals surface area contributed by atoms with Gasteiger partial charge in [-0.25, -0.2) is 18.2 Å². The molecule has 0 aliphatic carbocycles. The lowest BCUT2D eigenvalue weighted by Gasteiger charge is -2.29. The summed E-state index contributed by atoms with van der Waals surface area (Å²) in [6, 6.07) is 12.4. The van der Waals surface area contributed by atoms with E-state index < -0.39 is 21.9 Å². The number of hydrogen-bond acceptors (Lipinski definition) is 7. The number of para-hydroxylation sites is 1. The van der Waals surface area contributed by atoms with E-state index in [-0.39, 0.29) is 23.5 Å². The van der Waals surface area contributed by atoms with Crippen LogP contribution in [0.15, 0.2) is 47.8 Å². The number of carbonyl (C=O) groups excluding carboxylic acids is 2. The highest BCUT2D eigenvalue weighted by atomic mass is 32.2. The SMILES string of the molecule is CCN(C(=O)C(C)OC(=O)c1cc(-c2cccs2)nc2ccccc12)C1CCS(=O)(=O)C1. The molecule has 2 atom stereocenters. The van der Waals surface area contributed by atoms with Crippen LogP contribution in [0.5, 0.6) is 0 Å². The van der Waals surface area contributed by atoms with Gasteiger partial charge in [0.2, 0.25) is 0 Å². The maximum absolute atomic E-state index is 13.1. The Kier molecular flexibility index (Phi) is 6.30. The van der Waals surface area contributed by atoms with E-state index in [0.717, 1.165) is 4.88 Å². The fourth-order valence-corrected chi connectivity index (χ4v) is 6.43. The second-order valence-electron chi connectivity index (χ2n) is 7.78. The van der Waals surface area contributed by atoms with Crippen LogP contribution in [0, 0.1) is 0 Å². The van der Waals surface area contributed by atoms with Gasteiger partial charge in [0.15, 0.2) is 15.9 Å². The minimum absolute atomic E-state index is 0.0492. The van der Waals surface area contributed by atoms with Crippen molar-refractivity contribution in [2.45, 2.75) is 32.4 Å². The molecule has 2 aromatic heterocycles. The molecule has 1 fully saturated rings. The number of fused-ring (bicyclic) bond motifs is 1. The van der Waals surface area contributed by atoms with Gasteiger partial charge < -0.3 is 9.64 Å². The Morgan fingerprint density at radius 1 is 1.25 bits per heavy atom. The summed E-state index contributed by atoms with van der Waals surface area (Å²) < 4.78 is 29.3. The van der Waals surface area contributed by atoms with Crippen molar-refractivity contribution in [1.82, 2.24) is 9.88 Å². The molecule has 0 saturated carbocycles. The van der Waals surface area contributed by atoms with Gasteiger partial charge in [-0.2, -0.15) is 0 Å². The van der Waals surface area contributed by atoms with Crippen LogP contribution >= 0.6 is 11.3 Å². The second kappa shape index (κ2) is 8.99. The number of pyridine rings is 1. The van der Waals surface area contributed by atoms with Gasteiger partial charge in [-0.1, -0.05) is 24.3 Å². The number of amides is 1. The highest BCUT2D eigenvalue weighted by molar-refractivity contribution is 7.91. The van der Waals surface area contributed by atoms with E-state index in [0.29, 0.717) is 35.1 Å². The Balaban J connectivity index is 1.58. The highest BCUT2D eigenvalue weighted by Crippen LogP contribution is 2.28. The maximum Gasteiger partial charge on any atom is 0.339 e. The van der Waals surface area contributed by atoms with E-state index in [1.807, 2.05) is 35.7 Å². The monoisotopic (exact) mass is 472 g/mol. The van der Waals surface area contributed by atoms with Crippen LogP contribution in [-0.2, 0) is 19.4 Å². The summed E-state index contributed by atoms with van der Waals surface area (Å²) in [4.78, 5) is 33.2. The lowest BCUT2D eigenvalue weighted by Crippen LogP contribution is -2.46. The van der Waals surface area contributed by atoms with E-state index >= 15 is 0 Å². The normalized spacial score (nSPS) is 18.4. The van der Waals surface area contributed by atoms with Gasteiger partial charge >= 0.3 is 5.97 Å². The molecule has 3 heterocycles. The summed E-state index contributed by atoms with van der Waals surface area (Å²) in [6.07, 6.45) is -0.635. The van der Waals surface area contributed by atoms with Crippen LogP contribution in [-0.4, -0.2) is 60.4 Å². The molecule has 2 unspecified atom stereocenters. The number of aromatic nitrogens is 1. The van der Waals surface area contributed by atoms with Crippen molar-refractivity contribution in [3.63, 3.8) is 0 Å². The number of benzene rings is 1. The van der Waals surface area contributed by atoms with Crippen molar-refractivity contribution in [3.8, 4) is 10.6 Å². The first-order valence-electron chi connectivity index (χ1n) is 10.4. The van der Waals surface area contributed by atoms with E-state index in [4.69, 9.17) is 4.74 Å². The number of hydrogen-bond donors (Lipinski definition) is 0. The first kappa shape index (κ1) is 22.4. The van der Waals surface area contributed by atoms with Gasteiger partial charge in [0, 0.05) is 18.0 Å². The predicted molar refractivity (Wildman–Crippen MR) is 124 cm³/mol.